The quantitative estimate of drug-likeness (QED) is 0.436. The van der Waals surface area contributed by atoms with Gasteiger partial charge in [-0.1, -0.05) is 23.7 Å². The van der Waals surface area contributed by atoms with Crippen molar-refractivity contribution < 1.29 is 24.0 Å². The molecule has 0 heterocycles. The number of esters is 1. The molecule has 0 radical (unpaired) electrons. The van der Waals surface area contributed by atoms with Gasteiger partial charge in [0, 0.05) is 6.07 Å². The number of hydrogen-bond donors (Lipinski definition) is 1. The Labute approximate surface area is 160 Å². The van der Waals surface area contributed by atoms with Gasteiger partial charge in [-0.3, -0.25) is 14.9 Å². The Bertz CT molecular complexity index is 871. The lowest BCUT2D eigenvalue weighted by Crippen LogP contribution is -2.30. The second-order valence-corrected chi connectivity index (χ2v) is 5.80. The first kappa shape index (κ1) is 20.2. The Hall–Kier alpha value is -3.13. The molecule has 8 nitrogen and oxygen atoms in total. The van der Waals surface area contributed by atoms with Crippen LogP contribution in [-0.2, 0) is 9.53 Å². The second-order valence-electron chi connectivity index (χ2n) is 5.39. The van der Waals surface area contributed by atoms with Crippen molar-refractivity contribution in [1.82, 2.24) is 0 Å². The highest BCUT2D eigenvalue weighted by atomic mass is 35.5. The van der Waals surface area contributed by atoms with E-state index in [-0.39, 0.29) is 23.6 Å². The number of para-hydroxylation sites is 1. The lowest BCUT2D eigenvalue weighted by Gasteiger charge is -2.14. The molecule has 0 aliphatic heterocycles. The maximum atomic E-state index is 12.2. The molecule has 0 saturated heterocycles. The van der Waals surface area contributed by atoms with Gasteiger partial charge >= 0.3 is 11.7 Å². The van der Waals surface area contributed by atoms with Crippen LogP contribution in [-0.4, -0.2) is 29.5 Å². The lowest BCUT2D eigenvalue weighted by molar-refractivity contribution is -0.385. The monoisotopic (exact) mass is 392 g/mol. The van der Waals surface area contributed by atoms with Crippen LogP contribution in [0.3, 0.4) is 0 Å². The SMILES string of the molecule is CCOc1ccc(C(=O)O[C@H](C)C(=O)Nc2ccccc2Cl)cc1[N+](=O)[O-]. The zero-order valence-electron chi connectivity index (χ0n) is 14.6. The van der Waals surface area contributed by atoms with Crippen molar-refractivity contribution in [2.75, 3.05) is 11.9 Å². The molecule has 27 heavy (non-hydrogen) atoms. The summed E-state index contributed by atoms with van der Waals surface area (Å²) < 4.78 is 10.2. The fraction of sp³-hybridized carbons (Fsp3) is 0.222. The number of ether oxygens (including phenoxy) is 2. The highest BCUT2D eigenvalue weighted by molar-refractivity contribution is 6.33. The van der Waals surface area contributed by atoms with Gasteiger partial charge in [-0.2, -0.15) is 0 Å². The number of anilines is 1. The minimum atomic E-state index is -1.14. The number of hydrogen-bond acceptors (Lipinski definition) is 6. The number of halogens is 1. The first-order chi connectivity index (χ1) is 12.8. The van der Waals surface area contributed by atoms with Crippen molar-refractivity contribution in [3.8, 4) is 5.75 Å². The zero-order chi connectivity index (χ0) is 20.0. The van der Waals surface area contributed by atoms with Crippen LogP contribution < -0.4 is 10.1 Å². The third-order valence-corrected chi connectivity index (χ3v) is 3.81. The van der Waals surface area contributed by atoms with Gasteiger partial charge in [-0.25, -0.2) is 4.79 Å². The smallest absolute Gasteiger partial charge is 0.339 e. The van der Waals surface area contributed by atoms with Crippen LogP contribution in [0.2, 0.25) is 5.02 Å². The van der Waals surface area contributed by atoms with E-state index in [0.717, 1.165) is 6.07 Å². The minimum absolute atomic E-state index is 0.0450. The summed E-state index contributed by atoms with van der Waals surface area (Å²) >= 11 is 5.96. The summed E-state index contributed by atoms with van der Waals surface area (Å²) in [6.07, 6.45) is -1.14. The van der Waals surface area contributed by atoms with Gasteiger partial charge in [-0.15, -0.1) is 0 Å². The number of nitrogens with one attached hydrogen (secondary N) is 1. The molecule has 0 bridgehead atoms. The molecule has 1 N–H and O–H groups in total. The van der Waals surface area contributed by atoms with Crippen molar-refractivity contribution in [2.45, 2.75) is 20.0 Å². The first-order valence-electron chi connectivity index (χ1n) is 8.01. The van der Waals surface area contributed by atoms with Gasteiger partial charge in [0.1, 0.15) is 0 Å². The van der Waals surface area contributed by atoms with Crippen molar-refractivity contribution >= 4 is 34.9 Å². The highest BCUT2D eigenvalue weighted by Crippen LogP contribution is 2.28. The summed E-state index contributed by atoms with van der Waals surface area (Å²) in [6.45, 7) is 3.31. The number of nitro groups is 1. The van der Waals surface area contributed by atoms with Gasteiger partial charge < -0.3 is 14.8 Å². The third kappa shape index (κ3) is 5.18. The number of carbonyl (C=O) groups is 2. The molecule has 1 atom stereocenters. The topological polar surface area (TPSA) is 108 Å². The minimum Gasteiger partial charge on any atom is -0.487 e. The van der Waals surface area contributed by atoms with E-state index in [9.17, 15) is 19.7 Å². The van der Waals surface area contributed by atoms with Crippen molar-refractivity contribution in [2.24, 2.45) is 0 Å². The summed E-state index contributed by atoms with van der Waals surface area (Å²) in [7, 11) is 0. The average Bonchev–Trinajstić information content (AvgIpc) is 2.63. The summed E-state index contributed by atoms with van der Waals surface area (Å²) in [6, 6.07) is 10.3. The predicted molar refractivity (Wildman–Crippen MR) is 99.2 cm³/mol. The summed E-state index contributed by atoms with van der Waals surface area (Å²) in [5.74, 6) is -1.41. The van der Waals surface area contributed by atoms with Crippen LogP contribution in [0.25, 0.3) is 0 Å². The Morgan fingerprint density at radius 2 is 1.96 bits per heavy atom. The van der Waals surface area contributed by atoms with E-state index in [1.54, 1.807) is 31.2 Å². The summed E-state index contributed by atoms with van der Waals surface area (Å²) in [4.78, 5) is 34.9. The molecule has 142 valence electrons. The lowest BCUT2D eigenvalue weighted by atomic mass is 10.2. The van der Waals surface area contributed by atoms with Crippen LogP contribution in [0, 0.1) is 10.1 Å². The maximum absolute atomic E-state index is 12.2. The Balaban J connectivity index is 2.09. The molecule has 0 spiro atoms. The van der Waals surface area contributed by atoms with Crippen molar-refractivity contribution in [1.29, 1.82) is 0 Å². The Kier molecular flexibility index (Phi) is 6.73. The molecular weight excluding hydrogens is 376 g/mol. The molecule has 0 fully saturated rings. The van der Waals surface area contributed by atoms with Gasteiger partial charge in [0.05, 0.1) is 27.8 Å². The van der Waals surface area contributed by atoms with Crippen LogP contribution in [0.4, 0.5) is 11.4 Å². The number of rotatable bonds is 7. The zero-order valence-corrected chi connectivity index (χ0v) is 15.4. The average molecular weight is 393 g/mol. The maximum Gasteiger partial charge on any atom is 0.339 e. The molecule has 2 rings (SSSR count). The van der Waals surface area contributed by atoms with Gasteiger partial charge in [0.2, 0.25) is 0 Å². The van der Waals surface area contributed by atoms with E-state index in [0.29, 0.717) is 10.7 Å². The van der Waals surface area contributed by atoms with Crippen LogP contribution in [0.5, 0.6) is 5.75 Å². The second kappa shape index (κ2) is 9.00. The van der Waals surface area contributed by atoms with Crippen molar-refractivity contribution in [3.05, 3.63) is 63.2 Å². The normalized spacial score (nSPS) is 11.4. The fourth-order valence-corrected chi connectivity index (χ4v) is 2.33. The highest BCUT2D eigenvalue weighted by Gasteiger charge is 2.23. The number of nitrogens with zero attached hydrogens (tertiary/aromatic N) is 1. The number of amides is 1. The molecule has 2 aromatic carbocycles. The number of benzene rings is 2. The van der Waals surface area contributed by atoms with E-state index < -0.39 is 22.9 Å². The fourth-order valence-electron chi connectivity index (χ4n) is 2.14. The van der Waals surface area contributed by atoms with Gasteiger partial charge in [0.25, 0.3) is 5.91 Å². The first-order valence-corrected chi connectivity index (χ1v) is 8.39. The largest absolute Gasteiger partial charge is 0.487 e. The van der Waals surface area contributed by atoms with Crippen LogP contribution in [0.15, 0.2) is 42.5 Å². The van der Waals surface area contributed by atoms with Crippen LogP contribution >= 0.6 is 11.6 Å². The summed E-state index contributed by atoms with van der Waals surface area (Å²) in [5, 5.41) is 14.0. The van der Waals surface area contributed by atoms with E-state index in [2.05, 4.69) is 5.32 Å². The van der Waals surface area contributed by atoms with E-state index in [4.69, 9.17) is 21.1 Å². The molecule has 0 aliphatic carbocycles. The standard InChI is InChI=1S/C18H17ClN2O6/c1-3-26-16-9-8-12(10-15(16)21(24)25)18(23)27-11(2)17(22)20-14-7-5-4-6-13(14)19/h4-11H,3H2,1-2H3,(H,20,22)/t11-/m1/s1. The Morgan fingerprint density at radius 1 is 1.26 bits per heavy atom. The van der Waals surface area contributed by atoms with Crippen molar-refractivity contribution in [3.63, 3.8) is 0 Å². The third-order valence-electron chi connectivity index (χ3n) is 3.48. The van der Waals surface area contributed by atoms with E-state index in [1.165, 1.54) is 19.1 Å². The molecule has 9 heteroatoms. The number of carbonyl (C=O) groups excluding carboxylic acids is 2. The molecular formula is C18H17ClN2O6. The predicted octanol–water partition coefficient (Wildman–Crippen LogP) is 3.83. The Morgan fingerprint density at radius 3 is 2.59 bits per heavy atom. The van der Waals surface area contributed by atoms with E-state index in [1.807, 2.05) is 0 Å². The summed E-state index contributed by atoms with van der Waals surface area (Å²) in [5.41, 5.74) is -0.0502. The van der Waals surface area contributed by atoms with E-state index >= 15 is 0 Å². The molecule has 0 aromatic heterocycles. The molecule has 0 unspecified atom stereocenters. The molecule has 0 saturated carbocycles. The molecule has 0 aliphatic rings. The molecule has 1 amide bonds. The van der Waals surface area contributed by atoms with Crippen LogP contribution in [0.1, 0.15) is 24.2 Å². The molecule has 2 aromatic rings. The van der Waals surface area contributed by atoms with Gasteiger partial charge in [0.15, 0.2) is 11.9 Å². The number of nitro benzene ring substituents is 1. The van der Waals surface area contributed by atoms with Gasteiger partial charge in [-0.05, 0) is 38.1 Å².